The Labute approximate surface area is 262 Å². The Kier molecular flexibility index (Phi) is 18.2. The van der Waals surface area contributed by atoms with Crippen molar-refractivity contribution in [3.63, 3.8) is 0 Å². The Bertz CT molecular complexity index is 612. The molecular weight excluding hydrogens is 1040 g/mol. The zero-order valence-electron chi connectivity index (χ0n) is 16.1. The van der Waals surface area contributed by atoms with Crippen LogP contribution in [0.15, 0.2) is 0 Å². The lowest BCUT2D eigenvalue weighted by atomic mass is 10.3. The maximum absolute atomic E-state index is 13.7. The van der Waals surface area contributed by atoms with E-state index in [0.29, 0.717) is 19.3 Å². The fourth-order valence-electron chi connectivity index (χ4n) is 1.98. The molecule has 0 amide bonds. The van der Waals surface area contributed by atoms with Crippen molar-refractivity contribution < 1.29 is 32.5 Å². The second-order valence-corrected chi connectivity index (χ2v) is 21.2. The minimum absolute atomic E-state index is 0.175. The van der Waals surface area contributed by atoms with Gasteiger partial charge in [0.2, 0.25) is 0 Å². The van der Waals surface area contributed by atoms with Crippen molar-refractivity contribution in [3.05, 3.63) is 0 Å². The van der Waals surface area contributed by atoms with Crippen molar-refractivity contribution in [1.29, 1.82) is 0 Å². The van der Waals surface area contributed by atoms with E-state index in [1.165, 1.54) is 0 Å². The number of hydrogen-bond donors (Lipinski definition) is 0. The van der Waals surface area contributed by atoms with E-state index < -0.39 is 18.1 Å². The molecule has 0 aliphatic heterocycles. The lowest BCUT2D eigenvalue weighted by molar-refractivity contribution is -0.111. The fraction of sp³-hybridized carbons (Fsp3) is 0.800. The SMILES string of the molecule is O=C(Br)CCCC(Br)(Br)OP(=O)(OC(Br)(Br)CCCC(=O)Br)OC(Br)(Br)CCCC(=O)Br. The summed E-state index contributed by atoms with van der Waals surface area (Å²) in [4.78, 5) is 33.4. The molecule has 7 nitrogen and oxygen atoms in total. The highest BCUT2D eigenvalue weighted by molar-refractivity contribution is 9.26. The first kappa shape index (κ1) is 35.4. The van der Waals surface area contributed by atoms with Crippen LogP contribution in [0.4, 0.5) is 0 Å². The number of phosphoric acid groups is 1. The van der Waals surface area contributed by atoms with E-state index in [2.05, 4.69) is 143 Å². The van der Waals surface area contributed by atoms with Gasteiger partial charge in [0.05, 0.1) is 0 Å². The number of alkyl halides is 6. The molecule has 0 aromatic carbocycles. The van der Waals surface area contributed by atoms with Gasteiger partial charge in [-0.15, -0.1) is 0 Å². The summed E-state index contributed by atoms with van der Waals surface area (Å²) in [7, 11) is -4.35. The first-order valence-corrected chi connectivity index (χ1v) is 17.4. The minimum atomic E-state index is -4.35. The topological polar surface area (TPSA) is 96.0 Å². The van der Waals surface area contributed by atoms with Gasteiger partial charge in [0.1, 0.15) is 0 Å². The molecule has 0 rings (SSSR count). The largest absolute Gasteiger partial charge is 0.481 e. The van der Waals surface area contributed by atoms with Crippen LogP contribution in [0.2, 0.25) is 0 Å². The Morgan fingerprint density at radius 1 is 0.562 bits per heavy atom. The summed E-state index contributed by atoms with van der Waals surface area (Å²) >= 11 is 28.4. The summed E-state index contributed by atoms with van der Waals surface area (Å²) in [6.45, 7) is 0. The van der Waals surface area contributed by atoms with Gasteiger partial charge in [-0.1, -0.05) is 0 Å². The molecule has 0 aliphatic carbocycles. The quantitative estimate of drug-likeness (QED) is 0.0767. The Morgan fingerprint density at radius 2 is 0.781 bits per heavy atom. The number of hydrogen-bond acceptors (Lipinski definition) is 7. The van der Waals surface area contributed by atoms with Crippen LogP contribution in [0.3, 0.4) is 0 Å². The standard InChI is InChI=1S/C15H18Br9O7P/c16-10(25)4-1-7-13(19,20)29-32(28,30-14(21,22)8-2-5-11(17)26)31-15(23,24)9-3-6-12(18)27/h1-9H2. The van der Waals surface area contributed by atoms with Crippen molar-refractivity contribution in [1.82, 2.24) is 0 Å². The van der Waals surface area contributed by atoms with Gasteiger partial charge in [-0.2, -0.15) is 0 Å². The van der Waals surface area contributed by atoms with Crippen molar-refractivity contribution >= 4 is 165 Å². The third-order valence-corrected chi connectivity index (χ3v) is 10.9. The van der Waals surface area contributed by atoms with Crippen molar-refractivity contribution in [2.24, 2.45) is 0 Å². The minimum Gasteiger partial charge on any atom is -0.287 e. The van der Waals surface area contributed by atoms with Gasteiger partial charge >= 0.3 is 7.82 Å². The number of rotatable bonds is 18. The third kappa shape index (κ3) is 19.5. The van der Waals surface area contributed by atoms with Crippen LogP contribution in [-0.4, -0.2) is 24.3 Å². The summed E-state index contributed by atoms with van der Waals surface area (Å²) in [5.74, 6) is 0. The van der Waals surface area contributed by atoms with Crippen molar-refractivity contribution in [3.8, 4) is 0 Å². The molecule has 32 heavy (non-hydrogen) atoms. The fourth-order valence-corrected chi connectivity index (χ4v) is 9.07. The van der Waals surface area contributed by atoms with Crippen molar-refractivity contribution in [2.45, 2.75) is 68.0 Å². The zero-order chi connectivity index (χ0) is 25.2. The lowest BCUT2D eigenvalue weighted by Crippen LogP contribution is -2.26. The molecule has 0 fully saturated rings. The van der Waals surface area contributed by atoms with Gasteiger partial charge in [0, 0.05) is 19.3 Å². The van der Waals surface area contributed by atoms with E-state index in [1.807, 2.05) is 0 Å². The van der Waals surface area contributed by atoms with E-state index in [-0.39, 0.29) is 52.6 Å². The van der Waals surface area contributed by atoms with E-state index >= 15 is 0 Å². The van der Waals surface area contributed by atoms with Gasteiger partial charge in [-0.3, -0.25) is 28.0 Å². The molecule has 0 aliphatic rings. The second-order valence-electron chi connectivity index (χ2n) is 6.26. The first-order chi connectivity index (χ1) is 14.4. The average Bonchev–Trinajstić information content (AvgIpc) is 2.50. The van der Waals surface area contributed by atoms with Gasteiger partial charge in [0.25, 0.3) is 0 Å². The van der Waals surface area contributed by atoms with Gasteiger partial charge in [-0.25, -0.2) is 4.57 Å². The maximum atomic E-state index is 13.7. The van der Waals surface area contributed by atoms with Crippen LogP contribution in [0.25, 0.3) is 0 Å². The van der Waals surface area contributed by atoms with E-state index in [9.17, 15) is 18.9 Å². The van der Waals surface area contributed by atoms with E-state index in [1.54, 1.807) is 0 Å². The first-order valence-electron chi connectivity index (χ1n) is 8.78. The van der Waals surface area contributed by atoms with E-state index in [0.717, 1.165) is 0 Å². The number of halogens is 9. The highest BCUT2D eigenvalue weighted by Gasteiger charge is 2.47. The molecule has 17 heteroatoms. The highest BCUT2D eigenvalue weighted by atomic mass is 79.9. The van der Waals surface area contributed by atoms with Gasteiger partial charge < -0.3 is 0 Å². The molecule has 0 saturated carbocycles. The Hall–Kier alpha value is 3.44. The summed E-state index contributed by atoms with van der Waals surface area (Å²) in [5, 5.41) is 0. The van der Waals surface area contributed by atoms with Gasteiger partial charge in [-0.05, 0) is 182 Å². The van der Waals surface area contributed by atoms with E-state index in [4.69, 9.17) is 13.6 Å². The van der Waals surface area contributed by atoms with Crippen LogP contribution < -0.4 is 0 Å². The average molecular weight is 1060 g/mol. The summed E-state index contributed by atoms with van der Waals surface area (Å²) in [6, 6.07) is 0. The summed E-state index contributed by atoms with van der Waals surface area (Å²) in [5.41, 5.74) is 0. The smallest absolute Gasteiger partial charge is 0.287 e. The second kappa shape index (κ2) is 16.4. The molecular formula is C15H18Br9O7P. The molecule has 0 unspecified atom stereocenters. The Balaban J connectivity index is 5.50. The van der Waals surface area contributed by atoms with Crippen LogP contribution in [0.5, 0.6) is 0 Å². The normalized spacial score (nSPS) is 13.3. The third-order valence-electron chi connectivity index (χ3n) is 3.26. The molecule has 0 spiro atoms. The van der Waals surface area contributed by atoms with Crippen LogP contribution in [0.1, 0.15) is 57.8 Å². The molecule has 0 saturated heterocycles. The molecule has 0 atom stereocenters. The predicted molar refractivity (Wildman–Crippen MR) is 156 cm³/mol. The van der Waals surface area contributed by atoms with Crippen molar-refractivity contribution in [2.75, 3.05) is 0 Å². The number of carbonyl (C=O) groups is 3. The molecule has 0 bridgehead atoms. The molecule has 0 heterocycles. The molecule has 188 valence electrons. The molecule has 0 aromatic rings. The van der Waals surface area contributed by atoms with Gasteiger partial charge in [0.15, 0.2) is 24.3 Å². The summed E-state index contributed by atoms with van der Waals surface area (Å²) in [6.07, 6.45) is 2.64. The lowest BCUT2D eigenvalue weighted by Gasteiger charge is -2.34. The predicted octanol–water partition coefficient (Wildman–Crippen LogP) is 9.75. The molecule has 0 aromatic heterocycles. The zero-order valence-corrected chi connectivity index (χ0v) is 31.2. The molecule has 0 N–H and O–H groups in total. The highest BCUT2D eigenvalue weighted by Crippen LogP contribution is 2.65. The molecule has 0 radical (unpaired) electrons. The monoisotopic (exact) mass is 1050 g/mol. The summed E-state index contributed by atoms with van der Waals surface area (Å²) < 4.78 is 26.2. The maximum Gasteiger partial charge on any atom is 0.481 e. The Morgan fingerprint density at radius 3 is 0.969 bits per heavy atom. The van der Waals surface area contributed by atoms with Crippen LogP contribution >= 0.6 is 151 Å². The number of carbonyl (C=O) groups excluding carboxylic acids is 3. The van der Waals surface area contributed by atoms with Crippen LogP contribution in [0, 0.1) is 0 Å². The number of phosphoric ester groups is 1. The van der Waals surface area contributed by atoms with Crippen LogP contribution in [-0.2, 0) is 32.5 Å².